The Balaban J connectivity index is 1.09. The molecule has 7 fully saturated rings. The van der Waals surface area contributed by atoms with Crippen LogP contribution in [0.1, 0.15) is 106 Å². The Morgan fingerprint density at radius 1 is 0.750 bits per heavy atom. The van der Waals surface area contributed by atoms with E-state index in [1.165, 1.54) is 12.5 Å². The first-order valence-corrected chi connectivity index (χ1v) is 23.5. The minimum Gasteiger partial charge on any atom is -0.481 e. The third kappa shape index (κ3) is 7.56. The molecule has 0 aromatic heterocycles. The largest absolute Gasteiger partial charge is 0.481 e. The Labute approximate surface area is 374 Å². The monoisotopic (exact) mass is 914 g/mol. The van der Waals surface area contributed by atoms with Crippen LogP contribution in [0.3, 0.4) is 0 Å². The highest BCUT2D eigenvalue weighted by Gasteiger charge is 2.70. The second-order valence-corrected chi connectivity index (χ2v) is 22.2. The molecule has 24 unspecified atom stereocenters. The number of carbonyl (C=O) groups is 1. The predicted octanol–water partition coefficient (Wildman–Crippen LogP) is 0.0701. The van der Waals surface area contributed by atoms with Gasteiger partial charge in [0.05, 0.1) is 43.0 Å². The average Bonchev–Trinajstić information content (AvgIpc) is 3.24. The maximum absolute atomic E-state index is 13.1. The van der Waals surface area contributed by atoms with E-state index in [4.69, 9.17) is 28.4 Å². The molecule has 18 heteroatoms. The van der Waals surface area contributed by atoms with Crippen molar-refractivity contribution in [3.8, 4) is 0 Å². The van der Waals surface area contributed by atoms with E-state index in [9.17, 15) is 61.0 Å². The first-order chi connectivity index (χ1) is 29.9. The molecular formula is C46H74O18. The third-order valence-electron chi connectivity index (χ3n) is 18.8. The SMILES string of the molecule is CC1OC(OC2C(OCC3(C)C(O)CCC4(C)C3CCC3(C)C4CC=C4C5CC(C)(O)CCC5(C(=O)O)CCC43C)OC(CO)C(O)C2OC2OCC(O)C(O)C2O)C(O)C(O)C1O. The van der Waals surface area contributed by atoms with Crippen LogP contribution < -0.4 is 0 Å². The van der Waals surface area contributed by atoms with Gasteiger partial charge in [-0.15, -0.1) is 0 Å². The first kappa shape index (κ1) is 49.0. The summed E-state index contributed by atoms with van der Waals surface area (Å²) < 4.78 is 36.5. The Morgan fingerprint density at radius 3 is 2.11 bits per heavy atom. The quantitative estimate of drug-likeness (QED) is 0.137. The van der Waals surface area contributed by atoms with Crippen LogP contribution >= 0.6 is 0 Å². The molecule has 0 radical (unpaired) electrons. The van der Waals surface area contributed by atoms with E-state index in [1.807, 2.05) is 13.8 Å². The molecule has 0 amide bonds. The second kappa shape index (κ2) is 17.2. The predicted molar refractivity (Wildman–Crippen MR) is 221 cm³/mol. The Bertz CT molecular complexity index is 1750. The maximum atomic E-state index is 13.1. The van der Waals surface area contributed by atoms with Crippen molar-refractivity contribution in [2.75, 3.05) is 19.8 Å². The molecule has 0 aromatic rings. The highest BCUT2D eigenvalue weighted by atomic mass is 16.8. The molecule has 0 aromatic carbocycles. The zero-order chi connectivity index (χ0) is 46.7. The first-order valence-electron chi connectivity index (χ1n) is 23.5. The smallest absolute Gasteiger partial charge is 0.310 e. The van der Waals surface area contributed by atoms with Crippen LogP contribution in [0.25, 0.3) is 0 Å². The number of carboxylic acids is 1. The number of hydrogen-bond acceptors (Lipinski definition) is 17. The van der Waals surface area contributed by atoms with Crippen molar-refractivity contribution in [1.29, 1.82) is 0 Å². The fourth-order valence-electron chi connectivity index (χ4n) is 14.5. The van der Waals surface area contributed by atoms with Crippen LogP contribution in [-0.4, -0.2) is 180 Å². The number of allylic oxidation sites excluding steroid dienone is 2. The summed E-state index contributed by atoms with van der Waals surface area (Å²) in [6, 6.07) is 0. The highest BCUT2D eigenvalue weighted by Crippen LogP contribution is 2.75. The normalized spacial score (nSPS) is 56.5. The Morgan fingerprint density at radius 2 is 1.42 bits per heavy atom. The number of carboxylic acid groups (broad SMARTS) is 1. The lowest BCUT2D eigenvalue weighted by atomic mass is 9.33. The zero-order valence-corrected chi connectivity index (χ0v) is 37.9. The molecule has 24 atom stereocenters. The fraction of sp³-hybridized carbons (Fsp3) is 0.935. The summed E-state index contributed by atoms with van der Waals surface area (Å²) in [7, 11) is 0. The van der Waals surface area contributed by atoms with Crippen molar-refractivity contribution in [1.82, 2.24) is 0 Å². The molecule has 366 valence electrons. The van der Waals surface area contributed by atoms with Gasteiger partial charge in [0.15, 0.2) is 18.9 Å². The molecule has 11 N–H and O–H groups in total. The van der Waals surface area contributed by atoms with E-state index in [0.717, 1.165) is 32.1 Å². The lowest BCUT2D eigenvalue weighted by molar-refractivity contribution is -0.389. The van der Waals surface area contributed by atoms with Crippen molar-refractivity contribution < 1.29 is 89.4 Å². The van der Waals surface area contributed by atoms with E-state index in [0.29, 0.717) is 32.1 Å². The van der Waals surface area contributed by atoms with Crippen LogP contribution in [0.4, 0.5) is 0 Å². The summed E-state index contributed by atoms with van der Waals surface area (Å²) in [5, 5.41) is 120. The number of rotatable bonds is 9. The van der Waals surface area contributed by atoms with Gasteiger partial charge in [0.1, 0.15) is 61.0 Å². The summed E-state index contributed by atoms with van der Waals surface area (Å²) in [5.74, 6) is -0.996. The summed E-state index contributed by atoms with van der Waals surface area (Å²) >= 11 is 0. The highest BCUT2D eigenvalue weighted by molar-refractivity contribution is 5.76. The van der Waals surface area contributed by atoms with E-state index in [-0.39, 0.29) is 40.6 Å². The van der Waals surface area contributed by atoms with Crippen molar-refractivity contribution >= 4 is 5.97 Å². The van der Waals surface area contributed by atoms with Crippen molar-refractivity contribution in [3.63, 3.8) is 0 Å². The third-order valence-corrected chi connectivity index (χ3v) is 18.8. The molecule has 3 saturated heterocycles. The molecule has 3 aliphatic heterocycles. The van der Waals surface area contributed by atoms with E-state index >= 15 is 0 Å². The fourth-order valence-corrected chi connectivity index (χ4v) is 14.5. The van der Waals surface area contributed by atoms with E-state index < -0.39 is 128 Å². The number of fused-ring (bicyclic) bond motifs is 7. The van der Waals surface area contributed by atoms with Gasteiger partial charge in [-0.1, -0.05) is 39.3 Å². The number of aliphatic hydroxyl groups excluding tert-OH is 9. The second-order valence-electron chi connectivity index (χ2n) is 22.2. The standard InChI is InChI=1S/C46H74O18/c1-21-29(50)32(53)34(55)38(61-21)64-36-35(63-37-33(54)30(51)24(48)19-59-37)31(52)25(18-47)62-39(36)60-20-43(4)26-9-12-45(6)27(42(26,3)11-10-28(43)49)8-7-22-23-17-41(2,58)13-15-46(23,40(56)57)16-14-44(22,45)5/h7,21,23-39,47-55,58H,8-20H2,1-6H3,(H,56,57). The van der Waals surface area contributed by atoms with Crippen LogP contribution in [0, 0.1) is 44.8 Å². The molecule has 0 bridgehead atoms. The van der Waals surface area contributed by atoms with Gasteiger partial charge in [-0.2, -0.15) is 0 Å². The van der Waals surface area contributed by atoms with Crippen LogP contribution in [0.2, 0.25) is 0 Å². The van der Waals surface area contributed by atoms with Crippen molar-refractivity contribution in [3.05, 3.63) is 11.6 Å². The van der Waals surface area contributed by atoms with Gasteiger partial charge in [-0.05, 0) is 112 Å². The van der Waals surface area contributed by atoms with Gasteiger partial charge >= 0.3 is 5.97 Å². The summed E-state index contributed by atoms with van der Waals surface area (Å²) in [5.41, 5.74) is -2.47. The summed E-state index contributed by atoms with van der Waals surface area (Å²) in [6.45, 7) is 11.0. The molecule has 8 rings (SSSR count). The average molecular weight is 915 g/mol. The molecule has 5 aliphatic carbocycles. The zero-order valence-electron chi connectivity index (χ0n) is 37.9. The van der Waals surface area contributed by atoms with Gasteiger partial charge in [-0.3, -0.25) is 4.79 Å². The summed E-state index contributed by atoms with van der Waals surface area (Å²) in [4.78, 5) is 13.1. The van der Waals surface area contributed by atoms with Crippen LogP contribution in [0.5, 0.6) is 0 Å². The van der Waals surface area contributed by atoms with Crippen LogP contribution in [-0.2, 0) is 33.2 Å². The number of aliphatic carboxylic acids is 1. The molecule has 3 heterocycles. The van der Waals surface area contributed by atoms with Gasteiger partial charge < -0.3 is 84.6 Å². The van der Waals surface area contributed by atoms with E-state index in [2.05, 4.69) is 26.8 Å². The van der Waals surface area contributed by atoms with Crippen molar-refractivity contribution in [2.45, 2.75) is 203 Å². The minimum atomic E-state index is -1.80. The van der Waals surface area contributed by atoms with Gasteiger partial charge in [0.25, 0.3) is 0 Å². The Kier molecular flexibility index (Phi) is 13.2. The molecule has 0 spiro atoms. The molecule has 8 aliphatic rings. The number of aliphatic hydroxyl groups is 10. The molecular weight excluding hydrogens is 840 g/mol. The summed E-state index contributed by atoms with van der Waals surface area (Å²) in [6.07, 6.45) is -14.4. The number of hydrogen-bond donors (Lipinski definition) is 11. The maximum Gasteiger partial charge on any atom is 0.310 e. The lowest BCUT2D eigenvalue weighted by Crippen LogP contribution is -2.67. The molecule has 64 heavy (non-hydrogen) atoms. The van der Waals surface area contributed by atoms with Gasteiger partial charge in [0, 0.05) is 5.41 Å². The Hall–Kier alpha value is -1.43. The topological polar surface area (TPSA) is 295 Å². The van der Waals surface area contributed by atoms with Crippen LogP contribution in [0.15, 0.2) is 11.6 Å². The number of ether oxygens (including phenoxy) is 6. The van der Waals surface area contributed by atoms with Crippen molar-refractivity contribution in [2.24, 2.45) is 44.8 Å². The minimum absolute atomic E-state index is 0.0913. The molecule has 18 nitrogen and oxygen atoms in total. The van der Waals surface area contributed by atoms with Gasteiger partial charge in [0.2, 0.25) is 0 Å². The van der Waals surface area contributed by atoms with Gasteiger partial charge in [-0.25, -0.2) is 0 Å². The van der Waals surface area contributed by atoms with E-state index in [1.54, 1.807) is 0 Å². The lowest BCUT2D eigenvalue weighted by Gasteiger charge is -2.71. The molecule has 4 saturated carbocycles.